The Hall–Kier alpha value is -2.33. The highest BCUT2D eigenvalue weighted by molar-refractivity contribution is 5.79. The van der Waals surface area contributed by atoms with E-state index in [1.54, 1.807) is 18.2 Å². The van der Waals surface area contributed by atoms with Crippen molar-refractivity contribution >= 4 is 11.6 Å². The number of hydrogen-bond acceptors (Lipinski definition) is 3. The molecule has 2 rings (SSSR count). The number of carbonyl (C=O) groups is 1. The fourth-order valence-corrected chi connectivity index (χ4v) is 2.03. The first-order valence-electron chi connectivity index (χ1n) is 5.98. The minimum Gasteiger partial charge on any atom is -0.398 e. The molecule has 1 amide bonds. The van der Waals surface area contributed by atoms with Crippen LogP contribution < -0.4 is 11.5 Å². The van der Waals surface area contributed by atoms with Crippen molar-refractivity contribution in [1.82, 2.24) is 0 Å². The van der Waals surface area contributed by atoms with E-state index in [4.69, 9.17) is 11.5 Å². The van der Waals surface area contributed by atoms with Crippen LogP contribution in [0.15, 0.2) is 48.5 Å². The third-order valence-corrected chi connectivity index (χ3v) is 3.00. The summed E-state index contributed by atoms with van der Waals surface area (Å²) < 4.78 is 0. The Balaban J connectivity index is 2.37. The van der Waals surface area contributed by atoms with Crippen LogP contribution in [0.3, 0.4) is 0 Å². The number of benzene rings is 2. The number of nitrogens with two attached hydrogens (primary N) is 2. The summed E-state index contributed by atoms with van der Waals surface area (Å²) in [4.78, 5) is 11.0. The van der Waals surface area contributed by atoms with Crippen LogP contribution in [0.1, 0.15) is 22.8 Å². The molecule has 4 heteroatoms. The number of anilines is 1. The van der Waals surface area contributed by atoms with Crippen LogP contribution >= 0.6 is 0 Å². The van der Waals surface area contributed by atoms with Gasteiger partial charge in [-0.3, -0.25) is 4.79 Å². The van der Waals surface area contributed by atoms with Crippen LogP contribution in [-0.4, -0.2) is 11.0 Å². The summed E-state index contributed by atoms with van der Waals surface area (Å²) in [5, 5.41) is 10.3. The van der Waals surface area contributed by atoms with Gasteiger partial charge in [0, 0.05) is 11.3 Å². The minimum absolute atomic E-state index is 0.0706. The van der Waals surface area contributed by atoms with Gasteiger partial charge in [-0.2, -0.15) is 0 Å². The molecule has 0 spiro atoms. The van der Waals surface area contributed by atoms with E-state index in [1.807, 2.05) is 30.3 Å². The summed E-state index contributed by atoms with van der Waals surface area (Å²) in [6, 6.07) is 14.5. The number of carbonyl (C=O) groups excluding carboxylic acids is 1. The van der Waals surface area contributed by atoms with E-state index in [1.165, 1.54) is 0 Å². The molecule has 2 aromatic carbocycles. The number of primary amides is 1. The Morgan fingerprint density at radius 1 is 1.11 bits per heavy atom. The first-order chi connectivity index (χ1) is 9.09. The molecule has 1 unspecified atom stereocenters. The van der Waals surface area contributed by atoms with Crippen molar-refractivity contribution in [1.29, 1.82) is 0 Å². The molecule has 19 heavy (non-hydrogen) atoms. The lowest BCUT2D eigenvalue weighted by atomic mass is 9.96. The predicted molar refractivity (Wildman–Crippen MR) is 74.3 cm³/mol. The quantitative estimate of drug-likeness (QED) is 0.722. The Morgan fingerprint density at radius 3 is 2.42 bits per heavy atom. The number of para-hydroxylation sites is 1. The van der Waals surface area contributed by atoms with Gasteiger partial charge in [0.05, 0.1) is 6.42 Å². The molecule has 5 N–H and O–H groups in total. The number of hydrogen-bond donors (Lipinski definition) is 3. The van der Waals surface area contributed by atoms with Crippen LogP contribution in [0, 0.1) is 0 Å². The van der Waals surface area contributed by atoms with E-state index in [0.717, 1.165) is 5.56 Å². The zero-order valence-electron chi connectivity index (χ0n) is 10.4. The van der Waals surface area contributed by atoms with Crippen LogP contribution in [0.4, 0.5) is 5.69 Å². The maximum Gasteiger partial charge on any atom is 0.221 e. The van der Waals surface area contributed by atoms with E-state index in [0.29, 0.717) is 16.8 Å². The highest BCUT2D eigenvalue weighted by Gasteiger charge is 2.15. The molecule has 0 bridgehead atoms. The normalized spacial score (nSPS) is 12.1. The third kappa shape index (κ3) is 2.92. The van der Waals surface area contributed by atoms with Gasteiger partial charge in [-0.05, 0) is 11.1 Å². The molecule has 0 aliphatic rings. The van der Waals surface area contributed by atoms with E-state index < -0.39 is 12.0 Å². The number of rotatable bonds is 4. The van der Waals surface area contributed by atoms with Gasteiger partial charge in [-0.25, -0.2) is 0 Å². The molecule has 2 aromatic rings. The molecule has 0 saturated heterocycles. The van der Waals surface area contributed by atoms with E-state index >= 15 is 0 Å². The van der Waals surface area contributed by atoms with Gasteiger partial charge in [0.25, 0.3) is 0 Å². The van der Waals surface area contributed by atoms with Gasteiger partial charge in [-0.15, -0.1) is 0 Å². The van der Waals surface area contributed by atoms with Crippen molar-refractivity contribution in [2.24, 2.45) is 5.73 Å². The Kier molecular flexibility index (Phi) is 3.82. The predicted octanol–water partition coefficient (Wildman–Crippen LogP) is 1.38. The molecule has 0 radical (unpaired) electrons. The number of amides is 1. The highest BCUT2D eigenvalue weighted by Crippen LogP contribution is 2.28. The molecule has 1 atom stereocenters. The molecule has 0 heterocycles. The minimum atomic E-state index is -0.811. The first-order valence-corrected chi connectivity index (χ1v) is 5.98. The smallest absolute Gasteiger partial charge is 0.221 e. The molecule has 4 nitrogen and oxygen atoms in total. The monoisotopic (exact) mass is 256 g/mol. The summed E-state index contributed by atoms with van der Waals surface area (Å²) in [5.74, 6) is -0.446. The van der Waals surface area contributed by atoms with Crippen LogP contribution in [-0.2, 0) is 11.2 Å². The number of aliphatic hydroxyl groups is 1. The van der Waals surface area contributed by atoms with Crippen molar-refractivity contribution in [2.75, 3.05) is 5.73 Å². The Morgan fingerprint density at radius 2 is 1.79 bits per heavy atom. The molecular weight excluding hydrogens is 240 g/mol. The number of aliphatic hydroxyl groups excluding tert-OH is 1. The summed E-state index contributed by atoms with van der Waals surface area (Å²) >= 11 is 0. The Bertz CT molecular complexity index is 582. The third-order valence-electron chi connectivity index (χ3n) is 3.00. The molecule has 98 valence electrons. The number of nitrogen functional groups attached to an aromatic ring is 1. The van der Waals surface area contributed by atoms with Gasteiger partial charge in [0.2, 0.25) is 5.91 Å². The van der Waals surface area contributed by atoms with Gasteiger partial charge in [0.1, 0.15) is 6.10 Å². The molecule has 0 saturated carbocycles. The van der Waals surface area contributed by atoms with E-state index in [2.05, 4.69) is 0 Å². The van der Waals surface area contributed by atoms with E-state index in [-0.39, 0.29) is 6.42 Å². The average molecular weight is 256 g/mol. The van der Waals surface area contributed by atoms with Gasteiger partial charge in [0.15, 0.2) is 0 Å². The lowest BCUT2D eigenvalue weighted by Crippen LogP contribution is -2.16. The second kappa shape index (κ2) is 5.54. The zero-order valence-corrected chi connectivity index (χ0v) is 10.4. The van der Waals surface area contributed by atoms with Crippen LogP contribution in [0.2, 0.25) is 0 Å². The lowest BCUT2D eigenvalue weighted by molar-refractivity contribution is -0.117. The van der Waals surface area contributed by atoms with Crippen LogP contribution in [0.25, 0.3) is 0 Å². The average Bonchev–Trinajstić information content (AvgIpc) is 2.41. The molecule has 0 aliphatic carbocycles. The maximum absolute atomic E-state index is 11.0. The largest absolute Gasteiger partial charge is 0.398 e. The van der Waals surface area contributed by atoms with Crippen molar-refractivity contribution in [3.05, 3.63) is 65.2 Å². The zero-order chi connectivity index (χ0) is 13.8. The van der Waals surface area contributed by atoms with Gasteiger partial charge in [-0.1, -0.05) is 48.5 Å². The summed E-state index contributed by atoms with van der Waals surface area (Å²) in [6.45, 7) is 0. The maximum atomic E-state index is 11.0. The molecule has 0 aliphatic heterocycles. The SMILES string of the molecule is NC(=O)Cc1cccc(C(O)c2ccccc2)c1N. The van der Waals surface area contributed by atoms with Crippen molar-refractivity contribution in [3.8, 4) is 0 Å². The van der Waals surface area contributed by atoms with E-state index in [9.17, 15) is 9.90 Å². The van der Waals surface area contributed by atoms with Crippen molar-refractivity contribution < 1.29 is 9.90 Å². The topological polar surface area (TPSA) is 89.3 Å². The fraction of sp³-hybridized carbons (Fsp3) is 0.133. The van der Waals surface area contributed by atoms with Crippen molar-refractivity contribution in [2.45, 2.75) is 12.5 Å². The summed E-state index contributed by atoms with van der Waals surface area (Å²) in [6.07, 6.45) is -0.740. The Labute approximate surface area is 111 Å². The second-order valence-electron chi connectivity index (χ2n) is 4.38. The van der Waals surface area contributed by atoms with Crippen LogP contribution in [0.5, 0.6) is 0 Å². The van der Waals surface area contributed by atoms with Crippen molar-refractivity contribution in [3.63, 3.8) is 0 Å². The molecule has 0 aromatic heterocycles. The molecular formula is C15H16N2O2. The van der Waals surface area contributed by atoms with Gasteiger partial charge < -0.3 is 16.6 Å². The first kappa shape index (κ1) is 13.1. The fourth-order valence-electron chi connectivity index (χ4n) is 2.03. The summed E-state index contributed by atoms with van der Waals surface area (Å²) in [7, 11) is 0. The highest BCUT2D eigenvalue weighted by atomic mass is 16.3. The molecule has 0 fully saturated rings. The lowest BCUT2D eigenvalue weighted by Gasteiger charge is -2.16. The summed E-state index contributed by atoms with van der Waals surface area (Å²) in [5.41, 5.74) is 13.6. The second-order valence-corrected chi connectivity index (χ2v) is 4.38. The standard InChI is InChI=1S/C15H16N2O2/c16-13(18)9-11-7-4-8-12(14(11)17)15(19)10-5-2-1-3-6-10/h1-8,15,19H,9,17H2,(H2,16,18). The van der Waals surface area contributed by atoms with Gasteiger partial charge >= 0.3 is 0 Å².